The lowest BCUT2D eigenvalue weighted by Gasteiger charge is -2.12. The molecule has 0 saturated heterocycles. The fourth-order valence-corrected chi connectivity index (χ4v) is 3.85. The second-order valence-corrected chi connectivity index (χ2v) is 8.00. The minimum atomic E-state index is -0.259. The average Bonchev–Trinajstić information content (AvgIpc) is 3.26. The molecule has 176 valence electrons. The molecule has 0 atom stereocenters. The Balaban J connectivity index is 1.44. The fourth-order valence-electron chi connectivity index (χ4n) is 3.85. The Kier molecular flexibility index (Phi) is 7.38. The van der Waals surface area contributed by atoms with Gasteiger partial charge in [0.2, 0.25) is 0 Å². The summed E-state index contributed by atoms with van der Waals surface area (Å²) in [5, 5.41) is 4.41. The largest absolute Gasteiger partial charge is 0.497 e. The van der Waals surface area contributed by atoms with Gasteiger partial charge < -0.3 is 23.9 Å². The van der Waals surface area contributed by atoms with Gasteiger partial charge in [-0.25, -0.2) is 0 Å². The number of aryl methyl sites for hydroxylation is 1. The number of fused-ring (bicyclic) bond motifs is 1. The number of para-hydroxylation sites is 1. The fraction of sp³-hybridized carbons (Fsp3) is 0.250. The Morgan fingerprint density at radius 2 is 1.82 bits per heavy atom. The molecule has 4 aromatic rings. The maximum Gasteiger partial charge on any atom is 0.310 e. The first-order valence-electron chi connectivity index (χ1n) is 11.3. The van der Waals surface area contributed by atoms with E-state index in [2.05, 4.69) is 23.5 Å². The molecule has 0 unspecified atom stereocenters. The van der Waals surface area contributed by atoms with E-state index < -0.39 is 0 Å². The summed E-state index contributed by atoms with van der Waals surface area (Å²) in [6, 6.07) is 21.5. The summed E-state index contributed by atoms with van der Waals surface area (Å²) in [5.41, 5.74) is 4.76. The van der Waals surface area contributed by atoms with Gasteiger partial charge >= 0.3 is 5.97 Å². The number of methoxy groups -OCH3 is 1. The third kappa shape index (κ3) is 5.70. The molecule has 1 heterocycles. The van der Waals surface area contributed by atoms with Crippen LogP contribution in [0.5, 0.6) is 11.5 Å². The van der Waals surface area contributed by atoms with Crippen molar-refractivity contribution in [1.29, 1.82) is 0 Å². The lowest BCUT2D eigenvalue weighted by molar-refractivity contribution is -0.142. The molecular formula is C28H29NO5. The van der Waals surface area contributed by atoms with Crippen molar-refractivity contribution in [3.63, 3.8) is 0 Å². The molecule has 1 aromatic heterocycles. The standard InChI is InChI=1S/C28H29NO5/c1-4-32-27(30)16-21-7-5-6-8-26(21)33-18-20-13-19(2)28-22(14-20)15-25(34-28)17-29-23-9-11-24(31-3)12-10-23/h5-15,29H,4,16-18H2,1-3H3. The first-order valence-corrected chi connectivity index (χ1v) is 11.3. The van der Waals surface area contributed by atoms with Gasteiger partial charge in [-0.15, -0.1) is 0 Å². The van der Waals surface area contributed by atoms with Gasteiger partial charge in [0.1, 0.15) is 29.4 Å². The molecular weight excluding hydrogens is 430 g/mol. The van der Waals surface area contributed by atoms with Crippen LogP contribution in [0.25, 0.3) is 11.0 Å². The molecule has 0 aliphatic carbocycles. The van der Waals surface area contributed by atoms with Crippen molar-refractivity contribution in [2.75, 3.05) is 19.0 Å². The maximum atomic E-state index is 11.9. The van der Waals surface area contributed by atoms with Gasteiger partial charge in [-0.1, -0.05) is 18.2 Å². The van der Waals surface area contributed by atoms with Gasteiger partial charge in [0.05, 0.1) is 26.7 Å². The van der Waals surface area contributed by atoms with Crippen LogP contribution in [0.1, 0.15) is 29.4 Å². The van der Waals surface area contributed by atoms with E-state index in [0.29, 0.717) is 25.5 Å². The molecule has 0 saturated carbocycles. The molecule has 0 aliphatic rings. The van der Waals surface area contributed by atoms with Gasteiger partial charge in [-0.3, -0.25) is 4.79 Å². The normalized spacial score (nSPS) is 10.8. The second kappa shape index (κ2) is 10.8. The number of ether oxygens (including phenoxy) is 3. The van der Waals surface area contributed by atoms with Crippen LogP contribution in [-0.4, -0.2) is 19.7 Å². The van der Waals surface area contributed by atoms with Crippen molar-refractivity contribution < 1.29 is 23.4 Å². The van der Waals surface area contributed by atoms with Crippen LogP contribution in [0.2, 0.25) is 0 Å². The molecule has 3 aromatic carbocycles. The summed E-state index contributed by atoms with van der Waals surface area (Å²) in [7, 11) is 1.65. The Morgan fingerprint density at radius 3 is 2.59 bits per heavy atom. The van der Waals surface area contributed by atoms with Gasteiger partial charge in [0.15, 0.2) is 0 Å². The summed E-state index contributed by atoms with van der Waals surface area (Å²) in [6.45, 7) is 5.16. The van der Waals surface area contributed by atoms with E-state index >= 15 is 0 Å². The molecule has 0 spiro atoms. The maximum absolute atomic E-state index is 11.9. The average molecular weight is 460 g/mol. The Labute approximate surface area is 199 Å². The van der Waals surface area contributed by atoms with Crippen molar-refractivity contribution in [2.45, 2.75) is 33.4 Å². The molecule has 0 radical (unpaired) electrons. The zero-order chi connectivity index (χ0) is 23.9. The van der Waals surface area contributed by atoms with E-state index in [1.165, 1.54) is 0 Å². The zero-order valence-electron chi connectivity index (χ0n) is 19.7. The minimum absolute atomic E-state index is 0.189. The van der Waals surface area contributed by atoms with Gasteiger partial charge in [-0.05, 0) is 73.5 Å². The van der Waals surface area contributed by atoms with Crippen LogP contribution >= 0.6 is 0 Å². The van der Waals surface area contributed by atoms with Crippen molar-refractivity contribution >= 4 is 22.6 Å². The third-order valence-electron chi connectivity index (χ3n) is 5.48. The lowest BCUT2D eigenvalue weighted by Crippen LogP contribution is -2.09. The van der Waals surface area contributed by atoms with Crippen molar-refractivity contribution in [3.8, 4) is 11.5 Å². The highest BCUT2D eigenvalue weighted by Gasteiger charge is 2.12. The number of furan rings is 1. The molecule has 6 nitrogen and oxygen atoms in total. The predicted molar refractivity (Wildman–Crippen MR) is 132 cm³/mol. The van der Waals surface area contributed by atoms with Crippen LogP contribution in [0.15, 0.2) is 71.1 Å². The molecule has 4 rings (SSSR count). The number of esters is 1. The van der Waals surface area contributed by atoms with Crippen LogP contribution in [0.3, 0.4) is 0 Å². The molecule has 0 aliphatic heterocycles. The number of benzene rings is 3. The predicted octanol–water partition coefficient (Wildman–Crippen LogP) is 6.05. The summed E-state index contributed by atoms with van der Waals surface area (Å²) in [6.07, 6.45) is 0.189. The van der Waals surface area contributed by atoms with E-state index in [0.717, 1.165) is 44.9 Å². The summed E-state index contributed by atoms with van der Waals surface area (Å²) < 4.78 is 22.4. The van der Waals surface area contributed by atoms with E-state index in [-0.39, 0.29) is 12.4 Å². The van der Waals surface area contributed by atoms with Gasteiger partial charge in [-0.2, -0.15) is 0 Å². The van der Waals surface area contributed by atoms with Crippen molar-refractivity contribution in [3.05, 3.63) is 89.2 Å². The Bertz CT molecular complexity index is 1260. The molecule has 34 heavy (non-hydrogen) atoms. The Hall–Kier alpha value is -3.93. The van der Waals surface area contributed by atoms with Gasteiger partial charge in [0, 0.05) is 16.6 Å². The molecule has 0 amide bonds. The topological polar surface area (TPSA) is 69.9 Å². The first-order chi connectivity index (χ1) is 16.6. The molecule has 0 fully saturated rings. The van der Waals surface area contributed by atoms with E-state index in [4.69, 9.17) is 18.6 Å². The van der Waals surface area contributed by atoms with Crippen LogP contribution < -0.4 is 14.8 Å². The van der Waals surface area contributed by atoms with E-state index in [1.807, 2.05) is 55.5 Å². The molecule has 1 N–H and O–H groups in total. The van der Waals surface area contributed by atoms with E-state index in [1.54, 1.807) is 14.0 Å². The van der Waals surface area contributed by atoms with Crippen molar-refractivity contribution in [2.24, 2.45) is 0 Å². The highest BCUT2D eigenvalue weighted by atomic mass is 16.5. The van der Waals surface area contributed by atoms with Crippen LogP contribution in [0, 0.1) is 6.92 Å². The number of hydrogen-bond acceptors (Lipinski definition) is 6. The quantitative estimate of drug-likeness (QED) is 0.291. The minimum Gasteiger partial charge on any atom is -0.497 e. The number of rotatable bonds is 10. The third-order valence-corrected chi connectivity index (χ3v) is 5.48. The highest BCUT2D eigenvalue weighted by molar-refractivity contribution is 5.82. The second-order valence-electron chi connectivity index (χ2n) is 8.00. The number of carbonyl (C=O) groups is 1. The lowest BCUT2D eigenvalue weighted by atomic mass is 10.1. The SMILES string of the molecule is CCOC(=O)Cc1ccccc1OCc1cc(C)c2oc(CNc3ccc(OC)cc3)cc2c1. The monoisotopic (exact) mass is 459 g/mol. The number of nitrogens with one attached hydrogen (secondary N) is 1. The summed E-state index contributed by atoms with van der Waals surface area (Å²) in [4.78, 5) is 11.9. The van der Waals surface area contributed by atoms with Gasteiger partial charge in [0.25, 0.3) is 0 Å². The van der Waals surface area contributed by atoms with Crippen LogP contribution in [-0.2, 0) is 29.1 Å². The highest BCUT2D eigenvalue weighted by Crippen LogP contribution is 2.27. The zero-order valence-corrected chi connectivity index (χ0v) is 19.7. The molecule has 0 bridgehead atoms. The summed E-state index contributed by atoms with van der Waals surface area (Å²) in [5.74, 6) is 2.10. The van der Waals surface area contributed by atoms with Crippen LogP contribution in [0.4, 0.5) is 5.69 Å². The first kappa shape index (κ1) is 23.2. The number of hydrogen-bond donors (Lipinski definition) is 1. The summed E-state index contributed by atoms with van der Waals surface area (Å²) >= 11 is 0. The molecule has 6 heteroatoms. The van der Waals surface area contributed by atoms with E-state index in [9.17, 15) is 4.79 Å². The smallest absolute Gasteiger partial charge is 0.310 e. The number of anilines is 1. The number of carbonyl (C=O) groups excluding carboxylic acids is 1. The Morgan fingerprint density at radius 1 is 1.03 bits per heavy atom. The van der Waals surface area contributed by atoms with Crippen molar-refractivity contribution in [1.82, 2.24) is 0 Å².